The monoisotopic (exact) mass is 506 g/mol. The van der Waals surface area contributed by atoms with Gasteiger partial charge >= 0.3 is 23.9 Å². The topological polar surface area (TPSA) is 125 Å². The van der Waals surface area contributed by atoms with E-state index >= 15 is 0 Å². The number of esters is 4. The van der Waals surface area contributed by atoms with E-state index in [0.29, 0.717) is 31.3 Å². The number of ether oxygens (including phenoxy) is 4. The molecule has 0 aromatic carbocycles. The first-order chi connectivity index (χ1) is 16.8. The van der Waals surface area contributed by atoms with Gasteiger partial charge in [0.15, 0.2) is 11.7 Å². The van der Waals surface area contributed by atoms with E-state index in [9.17, 15) is 24.3 Å². The van der Waals surface area contributed by atoms with Gasteiger partial charge in [-0.25, -0.2) is 0 Å². The zero-order valence-corrected chi connectivity index (χ0v) is 22.0. The highest BCUT2D eigenvalue weighted by atomic mass is 16.6. The normalized spacial score (nSPS) is 40.0. The van der Waals surface area contributed by atoms with Crippen LogP contribution in [0.3, 0.4) is 0 Å². The van der Waals surface area contributed by atoms with E-state index < -0.39 is 71.1 Å². The highest BCUT2D eigenvalue weighted by Gasteiger charge is 2.67. The molecule has 1 aliphatic heterocycles. The van der Waals surface area contributed by atoms with Crippen molar-refractivity contribution in [1.29, 1.82) is 0 Å². The van der Waals surface area contributed by atoms with Crippen molar-refractivity contribution in [2.45, 2.75) is 104 Å². The van der Waals surface area contributed by atoms with Gasteiger partial charge in [-0.2, -0.15) is 0 Å². The van der Waals surface area contributed by atoms with Crippen molar-refractivity contribution in [2.24, 2.45) is 17.3 Å². The fraction of sp³-hybridized carbons (Fsp3) is 0.704. The number of fused-ring (bicyclic) bond motifs is 2. The van der Waals surface area contributed by atoms with Gasteiger partial charge < -0.3 is 24.1 Å². The van der Waals surface area contributed by atoms with E-state index in [4.69, 9.17) is 18.9 Å². The Kier molecular flexibility index (Phi) is 8.03. The minimum atomic E-state index is -1.94. The summed E-state index contributed by atoms with van der Waals surface area (Å²) in [5.74, 6) is -4.05. The van der Waals surface area contributed by atoms with Gasteiger partial charge in [0.2, 0.25) is 0 Å². The molecule has 2 aliphatic carbocycles. The Labute approximate surface area is 212 Å². The van der Waals surface area contributed by atoms with Crippen molar-refractivity contribution in [1.82, 2.24) is 0 Å². The predicted octanol–water partition coefficient (Wildman–Crippen LogP) is 3.18. The number of aliphatic hydroxyl groups is 1. The lowest BCUT2D eigenvalue weighted by atomic mass is 9.55. The molecular formula is C27H38O9. The van der Waals surface area contributed by atoms with Crippen molar-refractivity contribution in [3.8, 4) is 0 Å². The highest BCUT2D eigenvalue weighted by molar-refractivity contribution is 5.78. The Morgan fingerprint density at radius 2 is 1.69 bits per heavy atom. The molecule has 0 amide bonds. The average Bonchev–Trinajstić information content (AvgIpc) is 3.00. The van der Waals surface area contributed by atoms with Crippen LogP contribution >= 0.6 is 0 Å². The first-order valence-corrected chi connectivity index (χ1v) is 12.6. The Morgan fingerprint density at radius 3 is 2.28 bits per heavy atom. The van der Waals surface area contributed by atoms with Gasteiger partial charge in [0.05, 0.1) is 11.3 Å². The van der Waals surface area contributed by atoms with Crippen LogP contribution in [0.4, 0.5) is 0 Å². The van der Waals surface area contributed by atoms with E-state index in [1.54, 1.807) is 13.0 Å². The standard InChI is InChI=1S/C27H38O9/c1-8-22(30)35-20-11-9-14(2)13-21-27(32,16(4)25(31)36-21)24(34-18(6)29)23-15(3)10-12-19(26(20,23)7)33-17(5)28/h13,16,19-21,23-24,32H,3,8-12H2,1-2,4-7H3/b14-13-/t16-,19-,20+,21-,23+,24+,26+,27-/m0/s1. The zero-order chi connectivity index (χ0) is 27.0. The molecule has 2 fully saturated rings. The third kappa shape index (κ3) is 4.82. The van der Waals surface area contributed by atoms with Crippen molar-refractivity contribution >= 4 is 23.9 Å². The molecule has 0 aromatic rings. The molecule has 8 atom stereocenters. The van der Waals surface area contributed by atoms with E-state index in [1.165, 1.54) is 20.8 Å². The van der Waals surface area contributed by atoms with Crippen LogP contribution in [0, 0.1) is 17.3 Å². The van der Waals surface area contributed by atoms with Crippen molar-refractivity contribution < 1.29 is 43.2 Å². The van der Waals surface area contributed by atoms with Gasteiger partial charge in [-0.05, 0) is 45.6 Å². The first-order valence-electron chi connectivity index (χ1n) is 12.6. The second kappa shape index (κ2) is 10.4. The first kappa shape index (κ1) is 27.9. The lowest BCUT2D eigenvalue weighted by Gasteiger charge is -2.55. The van der Waals surface area contributed by atoms with Crippen molar-refractivity contribution in [3.05, 3.63) is 23.8 Å². The number of rotatable bonds is 4. The summed E-state index contributed by atoms with van der Waals surface area (Å²) >= 11 is 0. The Balaban J connectivity index is 2.33. The van der Waals surface area contributed by atoms with Crippen LogP contribution in [0.1, 0.15) is 73.6 Å². The summed E-state index contributed by atoms with van der Waals surface area (Å²) in [4.78, 5) is 49.9. The van der Waals surface area contributed by atoms with Gasteiger partial charge in [-0.15, -0.1) is 0 Å². The minimum Gasteiger partial charge on any atom is -0.462 e. The summed E-state index contributed by atoms with van der Waals surface area (Å²) in [6.07, 6.45) is -0.328. The maximum absolute atomic E-state index is 12.7. The lowest BCUT2D eigenvalue weighted by Crippen LogP contribution is -2.65. The van der Waals surface area contributed by atoms with Crippen LogP contribution in [-0.2, 0) is 38.1 Å². The molecule has 1 saturated carbocycles. The SMILES string of the molecule is C=C1CC[C@H](OC(C)=O)[C@@]2(C)[C@H]1[C@@H](OC(C)=O)[C@@]1(O)[C@H](/C=C(/C)CC[C@H]2OC(=O)CC)OC(=O)[C@@H]1C. The van der Waals surface area contributed by atoms with Gasteiger partial charge in [0.1, 0.15) is 18.3 Å². The number of hydrogen-bond acceptors (Lipinski definition) is 9. The van der Waals surface area contributed by atoms with E-state index in [-0.39, 0.29) is 6.42 Å². The molecular weight excluding hydrogens is 468 g/mol. The fourth-order valence-electron chi connectivity index (χ4n) is 6.14. The molecule has 0 unspecified atom stereocenters. The molecule has 9 heteroatoms. The van der Waals surface area contributed by atoms with Crippen LogP contribution in [-0.4, -0.2) is 59.0 Å². The molecule has 9 nitrogen and oxygen atoms in total. The second-order valence-corrected chi connectivity index (χ2v) is 10.5. The van der Waals surface area contributed by atoms with Crippen LogP contribution in [0.25, 0.3) is 0 Å². The molecule has 36 heavy (non-hydrogen) atoms. The van der Waals surface area contributed by atoms with Crippen LogP contribution < -0.4 is 0 Å². The summed E-state index contributed by atoms with van der Waals surface area (Å²) < 4.78 is 23.2. The van der Waals surface area contributed by atoms with Crippen LogP contribution in [0.15, 0.2) is 23.8 Å². The Hall–Kier alpha value is -2.68. The van der Waals surface area contributed by atoms with Gasteiger partial charge in [0, 0.05) is 26.2 Å². The molecule has 3 rings (SSSR count). The molecule has 1 saturated heterocycles. The quantitative estimate of drug-likeness (QED) is 0.348. The van der Waals surface area contributed by atoms with E-state index in [2.05, 4.69) is 6.58 Å². The minimum absolute atomic E-state index is 0.143. The second-order valence-electron chi connectivity index (χ2n) is 10.5. The number of carbonyl (C=O) groups excluding carboxylic acids is 4. The summed E-state index contributed by atoms with van der Waals surface area (Å²) in [5, 5.41) is 12.2. The summed E-state index contributed by atoms with van der Waals surface area (Å²) in [5.41, 5.74) is -1.62. The maximum atomic E-state index is 12.7. The smallest absolute Gasteiger partial charge is 0.312 e. The molecule has 0 aromatic heterocycles. The molecule has 0 spiro atoms. The van der Waals surface area contributed by atoms with Crippen molar-refractivity contribution in [2.75, 3.05) is 0 Å². The number of carbonyl (C=O) groups is 4. The van der Waals surface area contributed by atoms with Gasteiger partial charge in [-0.1, -0.05) is 31.6 Å². The maximum Gasteiger partial charge on any atom is 0.312 e. The summed E-state index contributed by atoms with van der Waals surface area (Å²) in [7, 11) is 0. The average molecular weight is 507 g/mol. The van der Waals surface area contributed by atoms with E-state index in [0.717, 1.165) is 5.57 Å². The zero-order valence-electron chi connectivity index (χ0n) is 22.0. The van der Waals surface area contributed by atoms with Crippen molar-refractivity contribution in [3.63, 3.8) is 0 Å². The molecule has 0 radical (unpaired) electrons. The molecule has 0 bridgehead atoms. The van der Waals surface area contributed by atoms with Gasteiger partial charge in [-0.3, -0.25) is 19.2 Å². The third-order valence-corrected chi connectivity index (χ3v) is 8.13. The highest BCUT2D eigenvalue weighted by Crippen LogP contribution is 2.56. The number of hydrogen-bond donors (Lipinski definition) is 1. The lowest BCUT2D eigenvalue weighted by molar-refractivity contribution is -0.220. The van der Waals surface area contributed by atoms with Crippen LogP contribution in [0.5, 0.6) is 0 Å². The van der Waals surface area contributed by atoms with Gasteiger partial charge in [0.25, 0.3) is 0 Å². The number of allylic oxidation sites excluding steroid dienone is 1. The largest absolute Gasteiger partial charge is 0.462 e. The third-order valence-electron chi connectivity index (χ3n) is 8.13. The Morgan fingerprint density at radius 1 is 1.11 bits per heavy atom. The van der Waals surface area contributed by atoms with E-state index in [1.807, 2.05) is 13.8 Å². The predicted molar refractivity (Wildman–Crippen MR) is 128 cm³/mol. The molecule has 200 valence electrons. The Bertz CT molecular complexity index is 968. The molecule has 1 N–H and O–H groups in total. The molecule has 3 aliphatic rings. The summed E-state index contributed by atoms with van der Waals surface area (Å²) in [6.45, 7) is 13.7. The van der Waals surface area contributed by atoms with Crippen LogP contribution in [0.2, 0.25) is 0 Å². The molecule has 1 heterocycles. The fourth-order valence-corrected chi connectivity index (χ4v) is 6.14. The summed E-state index contributed by atoms with van der Waals surface area (Å²) in [6, 6.07) is 0.